The first kappa shape index (κ1) is 11.1. The van der Waals surface area contributed by atoms with Crippen LogP contribution < -0.4 is 5.32 Å². The van der Waals surface area contributed by atoms with Crippen LogP contribution in [0.25, 0.3) is 0 Å². The van der Waals surface area contributed by atoms with E-state index in [-0.39, 0.29) is 11.8 Å². The van der Waals surface area contributed by atoms with Crippen molar-refractivity contribution in [3.05, 3.63) is 24.3 Å². The Hall–Kier alpha value is -1.96. The van der Waals surface area contributed by atoms with Gasteiger partial charge in [0.15, 0.2) is 0 Å². The van der Waals surface area contributed by atoms with E-state index in [4.69, 9.17) is 5.26 Å². The molecule has 0 saturated heterocycles. The van der Waals surface area contributed by atoms with Gasteiger partial charge in [0, 0.05) is 12.4 Å². The third-order valence-electron chi connectivity index (χ3n) is 1.92. The Labute approximate surface area is 88.2 Å². The summed E-state index contributed by atoms with van der Waals surface area (Å²) in [4.78, 5) is 19.0. The van der Waals surface area contributed by atoms with Gasteiger partial charge in [-0.05, 0) is 5.92 Å². The van der Waals surface area contributed by atoms with E-state index >= 15 is 0 Å². The zero-order valence-corrected chi connectivity index (χ0v) is 8.64. The van der Waals surface area contributed by atoms with Gasteiger partial charge in [0.25, 0.3) is 5.91 Å². The monoisotopic (exact) mass is 204 g/mol. The van der Waals surface area contributed by atoms with Gasteiger partial charge < -0.3 is 5.32 Å². The highest BCUT2D eigenvalue weighted by molar-refractivity contribution is 5.93. The summed E-state index contributed by atoms with van der Waals surface area (Å²) in [7, 11) is 0. The summed E-state index contributed by atoms with van der Waals surface area (Å²) in [5, 5.41) is 11.4. The van der Waals surface area contributed by atoms with E-state index in [9.17, 15) is 4.79 Å². The van der Waals surface area contributed by atoms with Crippen LogP contribution in [-0.4, -0.2) is 21.9 Å². The minimum atomic E-state index is -0.488. The topological polar surface area (TPSA) is 78.7 Å². The van der Waals surface area contributed by atoms with Crippen LogP contribution in [0.3, 0.4) is 0 Å². The molecule has 1 unspecified atom stereocenters. The lowest BCUT2D eigenvalue weighted by molar-refractivity contribution is 0.0937. The molecule has 1 N–H and O–H groups in total. The third kappa shape index (κ3) is 3.02. The van der Waals surface area contributed by atoms with Crippen LogP contribution in [0.1, 0.15) is 24.2 Å². The maximum absolute atomic E-state index is 11.6. The molecule has 0 aliphatic rings. The first-order valence-electron chi connectivity index (χ1n) is 4.60. The molecule has 0 saturated carbocycles. The van der Waals surface area contributed by atoms with E-state index in [0.29, 0.717) is 5.56 Å². The van der Waals surface area contributed by atoms with Crippen molar-refractivity contribution < 1.29 is 4.79 Å². The standard InChI is InChI=1S/C10H12N4O/c1-7(2)9(3-11)14-10(15)8-4-12-6-13-5-8/h4-7,9H,1-2H3,(H,14,15). The molecular weight excluding hydrogens is 192 g/mol. The number of aromatic nitrogens is 2. The summed E-state index contributed by atoms with van der Waals surface area (Å²) in [6, 6.07) is 1.54. The second-order valence-corrected chi connectivity index (χ2v) is 3.45. The van der Waals surface area contributed by atoms with Crippen molar-refractivity contribution in [3.63, 3.8) is 0 Å². The van der Waals surface area contributed by atoms with E-state index in [1.165, 1.54) is 18.7 Å². The van der Waals surface area contributed by atoms with Crippen molar-refractivity contribution in [2.45, 2.75) is 19.9 Å². The Balaban J connectivity index is 2.68. The van der Waals surface area contributed by atoms with Crippen molar-refractivity contribution in [1.29, 1.82) is 5.26 Å². The molecule has 0 aromatic carbocycles. The van der Waals surface area contributed by atoms with Crippen LogP contribution in [-0.2, 0) is 0 Å². The molecule has 0 aliphatic heterocycles. The number of rotatable bonds is 3. The molecule has 78 valence electrons. The highest BCUT2D eigenvalue weighted by Gasteiger charge is 2.16. The quantitative estimate of drug-likeness (QED) is 0.788. The zero-order chi connectivity index (χ0) is 11.3. The molecule has 1 rings (SSSR count). The number of nitrogens with zero attached hydrogens (tertiary/aromatic N) is 3. The number of nitrogens with one attached hydrogen (secondary N) is 1. The summed E-state index contributed by atoms with van der Waals surface area (Å²) in [5.41, 5.74) is 0.360. The van der Waals surface area contributed by atoms with Gasteiger partial charge in [-0.3, -0.25) is 4.79 Å². The highest BCUT2D eigenvalue weighted by Crippen LogP contribution is 2.02. The van der Waals surface area contributed by atoms with Crippen LogP contribution in [0.15, 0.2) is 18.7 Å². The summed E-state index contributed by atoms with van der Waals surface area (Å²) in [6.45, 7) is 3.74. The predicted octanol–water partition coefficient (Wildman–Crippen LogP) is 0.755. The lowest BCUT2D eigenvalue weighted by atomic mass is 10.1. The van der Waals surface area contributed by atoms with Crippen molar-refractivity contribution >= 4 is 5.91 Å². The summed E-state index contributed by atoms with van der Waals surface area (Å²) >= 11 is 0. The fraction of sp³-hybridized carbons (Fsp3) is 0.400. The average Bonchev–Trinajstić information content (AvgIpc) is 2.26. The molecule has 0 spiro atoms. The highest BCUT2D eigenvalue weighted by atomic mass is 16.1. The molecule has 1 aromatic heterocycles. The molecule has 0 radical (unpaired) electrons. The van der Waals surface area contributed by atoms with Crippen LogP contribution in [0.5, 0.6) is 0 Å². The minimum absolute atomic E-state index is 0.0728. The Morgan fingerprint density at radius 2 is 2.07 bits per heavy atom. The van der Waals surface area contributed by atoms with Gasteiger partial charge in [0.1, 0.15) is 12.4 Å². The van der Waals surface area contributed by atoms with E-state index in [2.05, 4.69) is 15.3 Å². The lowest BCUT2D eigenvalue weighted by Crippen LogP contribution is -2.37. The molecule has 15 heavy (non-hydrogen) atoms. The lowest BCUT2D eigenvalue weighted by Gasteiger charge is -2.14. The summed E-state index contributed by atoms with van der Waals surface area (Å²) in [6.07, 6.45) is 4.18. The molecule has 1 atom stereocenters. The molecule has 5 heteroatoms. The number of amides is 1. The molecule has 1 aromatic rings. The van der Waals surface area contributed by atoms with Gasteiger partial charge in [-0.1, -0.05) is 13.8 Å². The van der Waals surface area contributed by atoms with E-state index in [0.717, 1.165) is 0 Å². The van der Waals surface area contributed by atoms with Crippen molar-refractivity contribution in [2.75, 3.05) is 0 Å². The fourth-order valence-corrected chi connectivity index (χ4v) is 0.989. The first-order chi connectivity index (χ1) is 7.15. The summed E-state index contributed by atoms with van der Waals surface area (Å²) in [5.74, 6) is -0.251. The molecule has 1 heterocycles. The molecule has 0 fully saturated rings. The Morgan fingerprint density at radius 1 is 1.47 bits per heavy atom. The van der Waals surface area contributed by atoms with Gasteiger partial charge >= 0.3 is 0 Å². The zero-order valence-electron chi connectivity index (χ0n) is 8.64. The van der Waals surface area contributed by atoms with E-state index in [1.54, 1.807) is 0 Å². The SMILES string of the molecule is CC(C)C(C#N)NC(=O)c1cncnc1. The maximum Gasteiger partial charge on any atom is 0.255 e. The van der Waals surface area contributed by atoms with E-state index in [1.807, 2.05) is 19.9 Å². The van der Waals surface area contributed by atoms with Gasteiger partial charge in [0.2, 0.25) is 0 Å². The second kappa shape index (κ2) is 5.05. The number of hydrogen-bond donors (Lipinski definition) is 1. The number of carbonyl (C=O) groups excluding carboxylic acids is 1. The Morgan fingerprint density at radius 3 is 2.53 bits per heavy atom. The maximum atomic E-state index is 11.6. The van der Waals surface area contributed by atoms with Crippen molar-refractivity contribution in [2.24, 2.45) is 5.92 Å². The first-order valence-corrected chi connectivity index (χ1v) is 4.60. The smallest absolute Gasteiger partial charge is 0.255 e. The molecular formula is C10H12N4O. The van der Waals surface area contributed by atoms with Gasteiger partial charge in [0.05, 0.1) is 11.6 Å². The fourth-order valence-electron chi connectivity index (χ4n) is 0.989. The normalized spacial score (nSPS) is 11.9. The molecule has 5 nitrogen and oxygen atoms in total. The van der Waals surface area contributed by atoms with Crippen molar-refractivity contribution in [1.82, 2.24) is 15.3 Å². The predicted molar refractivity (Wildman–Crippen MR) is 53.7 cm³/mol. The van der Waals surface area contributed by atoms with Gasteiger partial charge in [-0.2, -0.15) is 5.26 Å². The van der Waals surface area contributed by atoms with Gasteiger partial charge in [-0.25, -0.2) is 9.97 Å². The van der Waals surface area contributed by atoms with Crippen molar-refractivity contribution in [3.8, 4) is 6.07 Å². The second-order valence-electron chi connectivity index (χ2n) is 3.45. The van der Waals surface area contributed by atoms with Crippen LogP contribution >= 0.6 is 0 Å². The number of hydrogen-bond acceptors (Lipinski definition) is 4. The summed E-state index contributed by atoms with van der Waals surface area (Å²) < 4.78 is 0. The number of carbonyl (C=O) groups is 1. The van der Waals surface area contributed by atoms with Crippen LogP contribution in [0.4, 0.5) is 0 Å². The van der Waals surface area contributed by atoms with Crippen LogP contribution in [0.2, 0.25) is 0 Å². The third-order valence-corrected chi connectivity index (χ3v) is 1.92. The van der Waals surface area contributed by atoms with Gasteiger partial charge in [-0.15, -0.1) is 0 Å². The molecule has 0 aliphatic carbocycles. The molecule has 1 amide bonds. The Bertz CT molecular complexity index is 369. The average molecular weight is 204 g/mol. The molecule has 0 bridgehead atoms. The van der Waals surface area contributed by atoms with Crippen LogP contribution in [0, 0.1) is 17.2 Å². The minimum Gasteiger partial charge on any atom is -0.336 e. The largest absolute Gasteiger partial charge is 0.336 e. The Kier molecular flexibility index (Phi) is 3.75. The number of nitriles is 1. The van der Waals surface area contributed by atoms with E-state index < -0.39 is 6.04 Å².